The molecular formula is C33H43NO2Si. The first kappa shape index (κ1) is 27.3. The Hall–Kier alpha value is -2.69. The fraction of sp³-hybridized carbons (Fsp3) is 0.424. The Bertz CT molecular complexity index is 1100. The number of hydrogen-bond acceptors (Lipinski definition) is 3. The third-order valence-corrected chi connectivity index (χ3v) is 12.6. The summed E-state index contributed by atoms with van der Waals surface area (Å²) in [5.74, 6) is 0.427. The maximum Gasteiger partial charge on any atom is 0.311 e. The van der Waals surface area contributed by atoms with Gasteiger partial charge in [0, 0.05) is 24.7 Å². The summed E-state index contributed by atoms with van der Waals surface area (Å²) < 4.78 is 6.47. The third-order valence-electron chi connectivity index (χ3n) is 8.19. The van der Waals surface area contributed by atoms with Crippen molar-refractivity contribution in [3.8, 4) is 0 Å². The van der Waals surface area contributed by atoms with E-state index in [1.54, 1.807) is 0 Å². The van der Waals surface area contributed by atoms with Crippen molar-refractivity contribution in [1.29, 1.82) is 0 Å². The van der Waals surface area contributed by atoms with Crippen LogP contribution in [-0.2, 0) is 22.6 Å². The van der Waals surface area contributed by atoms with Crippen LogP contribution in [-0.4, -0.2) is 31.1 Å². The van der Waals surface area contributed by atoms with Gasteiger partial charge in [0.1, 0.15) is 6.10 Å². The highest BCUT2D eigenvalue weighted by Gasteiger charge is 2.60. The zero-order valence-corrected chi connectivity index (χ0v) is 24.4. The molecule has 1 aliphatic heterocycles. The lowest BCUT2D eigenvalue weighted by atomic mass is 9.84. The topological polar surface area (TPSA) is 29.5 Å². The van der Waals surface area contributed by atoms with E-state index in [-0.39, 0.29) is 23.7 Å². The molecule has 0 saturated carbocycles. The number of hydrogen-bond donors (Lipinski definition) is 0. The van der Waals surface area contributed by atoms with Gasteiger partial charge in [-0.3, -0.25) is 9.69 Å². The van der Waals surface area contributed by atoms with Crippen LogP contribution in [0.4, 0.5) is 0 Å². The van der Waals surface area contributed by atoms with Crippen molar-refractivity contribution in [2.24, 2.45) is 11.3 Å². The molecule has 4 heteroatoms. The monoisotopic (exact) mass is 513 g/mol. The molecule has 1 saturated heterocycles. The summed E-state index contributed by atoms with van der Waals surface area (Å²) in [6.07, 6.45) is 0.822. The van der Waals surface area contributed by atoms with Gasteiger partial charge in [-0.05, 0) is 37.3 Å². The van der Waals surface area contributed by atoms with Crippen molar-refractivity contribution in [2.75, 3.05) is 0 Å². The number of esters is 1. The van der Waals surface area contributed by atoms with Crippen LogP contribution >= 0.6 is 0 Å². The number of benzene rings is 3. The van der Waals surface area contributed by atoms with E-state index in [0.29, 0.717) is 5.92 Å². The highest BCUT2D eigenvalue weighted by Crippen LogP contribution is 2.52. The second-order valence-corrected chi connectivity index (χ2v) is 16.9. The van der Waals surface area contributed by atoms with E-state index in [1.165, 1.54) is 16.3 Å². The van der Waals surface area contributed by atoms with E-state index in [1.807, 2.05) is 0 Å². The van der Waals surface area contributed by atoms with Crippen LogP contribution in [0.5, 0.6) is 0 Å². The minimum atomic E-state index is -2.10. The second-order valence-electron chi connectivity index (χ2n) is 12.2. The van der Waals surface area contributed by atoms with Crippen LogP contribution in [0.15, 0.2) is 91.0 Å². The van der Waals surface area contributed by atoms with Crippen LogP contribution in [0.25, 0.3) is 0 Å². The summed E-state index contributed by atoms with van der Waals surface area (Å²) in [7, 11) is -2.10. The van der Waals surface area contributed by atoms with Gasteiger partial charge in [0.2, 0.25) is 0 Å². The van der Waals surface area contributed by atoms with E-state index < -0.39 is 13.5 Å². The van der Waals surface area contributed by atoms with Crippen LogP contribution in [0, 0.1) is 11.3 Å². The summed E-state index contributed by atoms with van der Waals surface area (Å²) in [5, 5.41) is 1.39. The Balaban J connectivity index is 1.79. The normalized spacial score (nSPS) is 20.3. The Morgan fingerprint density at radius 1 is 0.811 bits per heavy atom. The second kappa shape index (κ2) is 11.4. The average Bonchev–Trinajstić information content (AvgIpc) is 3.12. The molecule has 3 aromatic rings. The first-order valence-electron chi connectivity index (χ1n) is 13.7. The first-order chi connectivity index (χ1) is 17.6. The van der Waals surface area contributed by atoms with Gasteiger partial charge in [0.15, 0.2) is 0 Å². The number of carbonyl (C=O) groups excluding carboxylic acids is 1. The van der Waals surface area contributed by atoms with Crippen molar-refractivity contribution in [2.45, 2.75) is 78.0 Å². The average molecular weight is 514 g/mol. The number of cyclic esters (lactones) is 1. The standard InChI is InChI=1S/C33H43NO2Si/c1-25(2)22-29(34(23-26-16-10-7-11-17-26)24-27-18-12-8-13-19-27)30-31(33(3,4)32(35)36-30)37(5,6)28-20-14-9-15-21-28/h7-21,25,29-31H,22-24H2,1-6H3/t29-,30-,31-/m0/s1. The Morgan fingerprint density at radius 2 is 1.27 bits per heavy atom. The summed E-state index contributed by atoms with van der Waals surface area (Å²) in [6.45, 7) is 15.3. The highest BCUT2D eigenvalue weighted by molar-refractivity contribution is 6.91. The van der Waals surface area contributed by atoms with E-state index >= 15 is 0 Å². The molecule has 196 valence electrons. The van der Waals surface area contributed by atoms with Crippen LogP contribution < -0.4 is 5.19 Å². The van der Waals surface area contributed by atoms with Crippen molar-refractivity contribution in [3.05, 3.63) is 102 Å². The number of rotatable bonds is 10. The van der Waals surface area contributed by atoms with E-state index in [2.05, 4.69) is 137 Å². The summed E-state index contributed by atoms with van der Waals surface area (Å²) in [5.41, 5.74) is 2.20. The van der Waals surface area contributed by atoms with Crippen LogP contribution in [0.2, 0.25) is 18.6 Å². The molecule has 1 heterocycles. The largest absolute Gasteiger partial charge is 0.460 e. The van der Waals surface area contributed by atoms with Gasteiger partial charge in [-0.15, -0.1) is 0 Å². The molecule has 3 nitrogen and oxygen atoms in total. The molecular weight excluding hydrogens is 470 g/mol. The SMILES string of the molecule is CC(C)C[C@@H]([C@@H]1OC(=O)C(C)(C)[C@H]1[Si](C)(C)c1ccccc1)N(Cc1ccccc1)Cc1ccccc1. The van der Waals surface area contributed by atoms with Gasteiger partial charge < -0.3 is 4.74 Å². The molecule has 3 atom stereocenters. The van der Waals surface area contributed by atoms with Gasteiger partial charge in [-0.25, -0.2) is 0 Å². The molecule has 0 bridgehead atoms. The predicted octanol–water partition coefficient (Wildman–Crippen LogP) is 7.04. The zero-order valence-electron chi connectivity index (χ0n) is 23.4. The molecule has 37 heavy (non-hydrogen) atoms. The smallest absolute Gasteiger partial charge is 0.311 e. The first-order valence-corrected chi connectivity index (χ1v) is 16.8. The lowest BCUT2D eigenvalue weighted by Gasteiger charge is -2.44. The Labute approximate surface area is 224 Å². The number of ether oxygens (including phenoxy) is 1. The molecule has 3 aromatic carbocycles. The quantitative estimate of drug-likeness (QED) is 0.215. The molecule has 0 N–H and O–H groups in total. The fourth-order valence-corrected chi connectivity index (χ4v) is 10.9. The van der Waals surface area contributed by atoms with Crippen molar-refractivity contribution in [3.63, 3.8) is 0 Å². The van der Waals surface area contributed by atoms with Crippen LogP contribution in [0.1, 0.15) is 45.2 Å². The molecule has 0 radical (unpaired) electrons. The molecule has 0 unspecified atom stereocenters. The summed E-state index contributed by atoms with van der Waals surface area (Å²) >= 11 is 0. The van der Waals surface area contributed by atoms with Gasteiger partial charge >= 0.3 is 5.97 Å². The van der Waals surface area contributed by atoms with Crippen molar-refractivity contribution < 1.29 is 9.53 Å². The molecule has 1 fully saturated rings. The molecule has 1 aliphatic rings. The maximum absolute atomic E-state index is 13.5. The lowest BCUT2D eigenvalue weighted by Crippen LogP contribution is -2.57. The zero-order chi connectivity index (χ0) is 26.6. The van der Waals surface area contributed by atoms with E-state index in [0.717, 1.165) is 19.5 Å². The van der Waals surface area contributed by atoms with Crippen molar-refractivity contribution in [1.82, 2.24) is 4.90 Å². The molecule has 0 aromatic heterocycles. The number of nitrogens with zero attached hydrogens (tertiary/aromatic N) is 1. The summed E-state index contributed by atoms with van der Waals surface area (Å²) in [6, 6.07) is 32.4. The summed E-state index contributed by atoms with van der Waals surface area (Å²) in [4.78, 5) is 16.1. The van der Waals surface area contributed by atoms with Gasteiger partial charge in [-0.2, -0.15) is 0 Å². The molecule has 4 rings (SSSR count). The van der Waals surface area contributed by atoms with E-state index in [4.69, 9.17) is 4.74 Å². The fourth-order valence-electron chi connectivity index (χ4n) is 6.44. The van der Waals surface area contributed by atoms with Crippen molar-refractivity contribution >= 4 is 19.2 Å². The molecule has 0 aliphatic carbocycles. The third kappa shape index (κ3) is 6.07. The minimum Gasteiger partial charge on any atom is -0.460 e. The van der Waals surface area contributed by atoms with Gasteiger partial charge in [0.25, 0.3) is 0 Å². The predicted molar refractivity (Wildman–Crippen MR) is 156 cm³/mol. The Kier molecular flexibility index (Phi) is 8.40. The highest BCUT2D eigenvalue weighted by atomic mass is 28.3. The van der Waals surface area contributed by atoms with E-state index in [9.17, 15) is 4.79 Å². The van der Waals surface area contributed by atoms with Gasteiger partial charge in [0.05, 0.1) is 13.5 Å². The van der Waals surface area contributed by atoms with Gasteiger partial charge in [-0.1, -0.05) is 123 Å². The number of carbonyl (C=O) groups is 1. The minimum absolute atomic E-state index is 0.0489. The lowest BCUT2D eigenvalue weighted by molar-refractivity contribution is -0.149. The maximum atomic E-state index is 13.5. The van der Waals surface area contributed by atoms with Crippen LogP contribution in [0.3, 0.4) is 0 Å². The Morgan fingerprint density at radius 3 is 1.73 bits per heavy atom. The molecule has 0 amide bonds. The molecule has 0 spiro atoms.